The van der Waals surface area contributed by atoms with Crippen molar-refractivity contribution in [2.45, 2.75) is 19.4 Å². The Labute approximate surface area is 122 Å². The first kappa shape index (κ1) is 12.9. The number of aromatic nitrogens is 1. The summed E-state index contributed by atoms with van der Waals surface area (Å²) in [5, 5.41) is 6.54. The minimum atomic E-state index is -0.247. The van der Waals surface area contributed by atoms with E-state index in [2.05, 4.69) is 15.6 Å². The number of nitrogens with zero attached hydrogens (tertiary/aromatic N) is 1. The molecule has 0 radical (unpaired) electrons. The Morgan fingerprint density at radius 1 is 1.45 bits per heavy atom. The molecule has 0 saturated carbocycles. The molecule has 2 heterocycles. The molecule has 5 heteroatoms. The number of amides is 1. The van der Waals surface area contributed by atoms with Gasteiger partial charge in [-0.3, -0.25) is 4.79 Å². The Bertz CT molecular complexity index is 647. The predicted octanol–water partition coefficient (Wildman–Crippen LogP) is 3.02. The van der Waals surface area contributed by atoms with Gasteiger partial charge < -0.3 is 10.6 Å². The first-order valence-electron chi connectivity index (χ1n) is 6.41. The Kier molecular flexibility index (Phi) is 3.32. The molecule has 1 aromatic carbocycles. The summed E-state index contributed by atoms with van der Waals surface area (Å²) >= 11 is 5.87. The molecule has 20 heavy (non-hydrogen) atoms. The number of nitrogens with one attached hydrogen (secondary N) is 2. The third-order valence-corrected chi connectivity index (χ3v) is 3.77. The molecule has 2 aromatic rings. The van der Waals surface area contributed by atoms with Gasteiger partial charge in [-0.1, -0.05) is 29.8 Å². The quantitative estimate of drug-likeness (QED) is 0.835. The lowest BCUT2D eigenvalue weighted by Gasteiger charge is -2.12. The van der Waals surface area contributed by atoms with Crippen molar-refractivity contribution in [1.82, 2.24) is 4.98 Å². The topological polar surface area (TPSA) is 54.0 Å². The summed E-state index contributed by atoms with van der Waals surface area (Å²) in [6, 6.07) is 9.52. The lowest BCUT2D eigenvalue weighted by atomic mass is 10.1. The lowest BCUT2D eigenvalue weighted by Crippen LogP contribution is -2.32. The van der Waals surface area contributed by atoms with E-state index in [1.807, 2.05) is 37.3 Å². The molecule has 0 spiro atoms. The van der Waals surface area contributed by atoms with Crippen LogP contribution in [0.5, 0.6) is 0 Å². The fraction of sp³-hybridized carbons (Fsp3) is 0.200. The normalized spacial score (nSPS) is 16.4. The Morgan fingerprint density at radius 2 is 2.25 bits per heavy atom. The summed E-state index contributed by atoms with van der Waals surface area (Å²) < 4.78 is 0. The zero-order chi connectivity index (χ0) is 14.1. The van der Waals surface area contributed by atoms with E-state index in [9.17, 15) is 4.79 Å². The number of rotatable bonds is 2. The van der Waals surface area contributed by atoms with Crippen LogP contribution < -0.4 is 10.6 Å². The summed E-state index contributed by atoms with van der Waals surface area (Å²) in [6.45, 7) is 1.86. The van der Waals surface area contributed by atoms with Gasteiger partial charge in [0.15, 0.2) is 0 Å². The molecule has 1 atom stereocenters. The average molecular weight is 288 g/mol. The van der Waals surface area contributed by atoms with Crippen LogP contribution in [0.4, 0.5) is 11.4 Å². The second-order valence-electron chi connectivity index (χ2n) is 4.88. The van der Waals surface area contributed by atoms with E-state index >= 15 is 0 Å². The van der Waals surface area contributed by atoms with E-state index in [0.717, 1.165) is 16.8 Å². The maximum absolute atomic E-state index is 12.2. The molecular formula is C15H14ClN3O. The van der Waals surface area contributed by atoms with Gasteiger partial charge in [0.1, 0.15) is 11.2 Å². The van der Waals surface area contributed by atoms with E-state index < -0.39 is 0 Å². The molecule has 1 amide bonds. The number of fused-ring (bicyclic) bond motifs is 1. The van der Waals surface area contributed by atoms with Crippen LogP contribution in [0.15, 0.2) is 36.5 Å². The van der Waals surface area contributed by atoms with E-state index in [1.54, 1.807) is 6.20 Å². The van der Waals surface area contributed by atoms with Crippen LogP contribution in [0, 0.1) is 6.92 Å². The van der Waals surface area contributed by atoms with Crippen LogP contribution in [0.1, 0.15) is 11.1 Å². The predicted molar refractivity (Wildman–Crippen MR) is 80.2 cm³/mol. The fourth-order valence-electron chi connectivity index (χ4n) is 2.31. The van der Waals surface area contributed by atoms with Crippen LogP contribution in [-0.2, 0) is 11.2 Å². The second-order valence-corrected chi connectivity index (χ2v) is 5.24. The first-order chi connectivity index (χ1) is 9.63. The zero-order valence-corrected chi connectivity index (χ0v) is 11.7. The van der Waals surface area contributed by atoms with Crippen molar-refractivity contribution in [2.24, 2.45) is 0 Å². The molecule has 4 nitrogen and oxygen atoms in total. The number of hydrogen-bond acceptors (Lipinski definition) is 3. The third kappa shape index (κ3) is 2.47. The van der Waals surface area contributed by atoms with Gasteiger partial charge in [-0.25, -0.2) is 4.98 Å². The highest BCUT2D eigenvalue weighted by Gasteiger charge is 2.26. The Morgan fingerprint density at radius 3 is 3.00 bits per heavy atom. The molecule has 2 N–H and O–H groups in total. The number of carbonyl (C=O) groups is 1. The van der Waals surface area contributed by atoms with Crippen LogP contribution in [0.2, 0.25) is 5.15 Å². The standard InChI is InChI=1S/C15H14ClN3O/c1-9-6-11(8-17-14(9)16)18-15(20)13-7-10-4-2-3-5-12(10)19-13/h2-6,8,13,19H,7H2,1H3,(H,18,20)/t13-/m0/s1. The number of pyridine rings is 1. The van der Waals surface area contributed by atoms with Crippen LogP contribution >= 0.6 is 11.6 Å². The summed E-state index contributed by atoms with van der Waals surface area (Å²) in [5.74, 6) is -0.0651. The van der Waals surface area contributed by atoms with Crippen LogP contribution in [0.3, 0.4) is 0 Å². The van der Waals surface area contributed by atoms with Gasteiger partial charge in [-0.2, -0.15) is 0 Å². The largest absolute Gasteiger partial charge is 0.373 e. The van der Waals surface area contributed by atoms with E-state index in [0.29, 0.717) is 17.3 Å². The molecule has 0 fully saturated rings. The SMILES string of the molecule is Cc1cc(NC(=O)[C@@H]2Cc3ccccc3N2)cnc1Cl. The van der Waals surface area contributed by atoms with Gasteiger partial charge in [0.2, 0.25) is 5.91 Å². The highest BCUT2D eigenvalue weighted by atomic mass is 35.5. The van der Waals surface area contributed by atoms with E-state index in [4.69, 9.17) is 11.6 Å². The number of aryl methyl sites for hydroxylation is 1. The lowest BCUT2D eigenvalue weighted by molar-refractivity contribution is -0.116. The van der Waals surface area contributed by atoms with Gasteiger partial charge in [-0.15, -0.1) is 0 Å². The van der Waals surface area contributed by atoms with Crippen molar-refractivity contribution in [1.29, 1.82) is 0 Å². The van der Waals surface area contributed by atoms with Crippen LogP contribution in [0.25, 0.3) is 0 Å². The van der Waals surface area contributed by atoms with Gasteiger partial charge in [0, 0.05) is 12.1 Å². The van der Waals surface area contributed by atoms with Crippen molar-refractivity contribution in [3.05, 3.63) is 52.8 Å². The number of benzene rings is 1. The first-order valence-corrected chi connectivity index (χ1v) is 6.79. The highest BCUT2D eigenvalue weighted by molar-refractivity contribution is 6.30. The summed E-state index contributed by atoms with van der Waals surface area (Å²) in [6.07, 6.45) is 2.26. The minimum absolute atomic E-state index is 0.0651. The summed E-state index contributed by atoms with van der Waals surface area (Å²) in [7, 11) is 0. The molecule has 0 saturated heterocycles. The molecule has 102 valence electrons. The number of para-hydroxylation sites is 1. The Balaban J connectivity index is 1.71. The van der Waals surface area contributed by atoms with Gasteiger partial charge in [-0.05, 0) is 30.2 Å². The number of hydrogen-bond donors (Lipinski definition) is 2. The van der Waals surface area contributed by atoms with Gasteiger partial charge in [0.25, 0.3) is 0 Å². The highest BCUT2D eigenvalue weighted by Crippen LogP contribution is 2.26. The molecule has 1 aliphatic heterocycles. The van der Waals surface area contributed by atoms with Crippen molar-refractivity contribution in [3.63, 3.8) is 0 Å². The Hall–Kier alpha value is -2.07. The minimum Gasteiger partial charge on any atom is -0.373 e. The summed E-state index contributed by atoms with van der Waals surface area (Å²) in [4.78, 5) is 16.3. The van der Waals surface area contributed by atoms with E-state index in [1.165, 1.54) is 0 Å². The zero-order valence-electron chi connectivity index (χ0n) is 11.0. The smallest absolute Gasteiger partial charge is 0.247 e. The van der Waals surface area contributed by atoms with Crippen molar-refractivity contribution < 1.29 is 4.79 Å². The second kappa shape index (κ2) is 5.13. The van der Waals surface area contributed by atoms with Crippen molar-refractivity contribution >= 4 is 28.9 Å². The molecule has 1 aromatic heterocycles. The van der Waals surface area contributed by atoms with Crippen molar-refractivity contribution in [3.8, 4) is 0 Å². The molecule has 1 aliphatic rings. The van der Waals surface area contributed by atoms with E-state index in [-0.39, 0.29) is 11.9 Å². The van der Waals surface area contributed by atoms with Gasteiger partial charge >= 0.3 is 0 Å². The van der Waals surface area contributed by atoms with Crippen molar-refractivity contribution in [2.75, 3.05) is 10.6 Å². The van der Waals surface area contributed by atoms with Crippen LogP contribution in [-0.4, -0.2) is 16.9 Å². The molecule has 0 bridgehead atoms. The monoisotopic (exact) mass is 287 g/mol. The third-order valence-electron chi connectivity index (χ3n) is 3.37. The maximum Gasteiger partial charge on any atom is 0.247 e. The average Bonchev–Trinajstić information content (AvgIpc) is 2.87. The molecule has 3 rings (SSSR count). The fourth-order valence-corrected chi connectivity index (χ4v) is 2.42. The number of halogens is 1. The molecular weight excluding hydrogens is 274 g/mol. The maximum atomic E-state index is 12.2. The number of carbonyl (C=O) groups excluding carboxylic acids is 1. The number of anilines is 2. The molecule has 0 unspecified atom stereocenters. The van der Waals surface area contributed by atoms with Gasteiger partial charge in [0.05, 0.1) is 11.9 Å². The molecule has 0 aliphatic carbocycles. The summed E-state index contributed by atoms with van der Waals surface area (Å²) in [5.41, 5.74) is 3.69.